The average Bonchev–Trinajstić information content (AvgIpc) is 3.52. The van der Waals surface area contributed by atoms with Gasteiger partial charge in [-0.25, -0.2) is 14.4 Å². The van der Waals surface area contributed by atoms with Crippen molar-refractivity contribution < 1.29 is 27.2 Å². The molecule has 2 aromatic heterocycles. The van der Waals surface area contributed by atoms with Crippen LogP contribution in [0, 0.1) is 11.7 Å². The molecule has 1 unspecified atom stereocenters. The summed E-state index contributed by atoms with van der Waals surface area (Å²) in [5.74, 6) is -2.31. The monoisotopic (exact) mass is 538 g/mol. The second kappa shape index (κ2) is 10.3. The molecule has 5 rings (SSSR count). The van der Waals surface area contributed by atoms with Crippen molar-refractivity contribution >= 4 is 17.5 Å². The number of anilines is 1. The Morgan fingerprint density at radius 3 is 2.59 bits per heavy atom. The zero-order valence-corrected chi connectivity index (χ0v) is 20.6. The zero-order valence-electron chi connectivity index (χ0n) is 20.6. The van der Waals surface area contributed by atoms with Gasteiger partial charge < -0.3 is 10.6 Å². The van der Waals surface area contributed by atoms with Crippen LogP contribution in [0.2, 0.25) is 0 Å². The van der Waals surface area contributed by atoms with Gasteiger partial charge in [0.05, 0.1) is 34.4 Å². The van der Waals surface area contributed by atoms with Crippen LogP contribution < -0.4 is 10.6 Å². The number of halogens is 4. The van der Waals surface area contributed by atoms with Crippen molar-refractivity contribution in [1.82, 2.24) is 25.1 Å². The molecular formula is C27H22F4N6O2. The first-order valence-electron chi connectivity index (χ1n) is 12.0. The smallest absolute Gasteiger partial charge is 0.356 e. The van der Waals surface area contributed by atoms with Gasteiger partial charge in [0.1, 0.15) is 11.6 Å². The summed E-state index contributed by atoms with van der Waals surface area (Å²) in [7, 11) is 1.53. The van der Waals surface area contributed by atoms with Gasteiger partial charge in [-0.1, -0.05) is 30.3 Å². The standard InChI is InChI=1S/C27H22F4N6O2/c1-37-10-8-21(36-37)17-12-18(20(28)13-19(17)27(29,30)31)26(39)34-22-14-33-23(11-16-7-9-32-25(16)38)35-24(22)15-5-3-2-4-6-15/h2-6,8,10,12-14,16H,7,9,11H2,1H3,(H,32,38)(H,34,39). The van der Waals surface area contributed by atoms with Crippen molar-refractivity contribution in [2.75, 3.05) is 11.9 Å². The summed E-state index contributed by atoms with van der Waals surface area (Å²) in [6, 6.07) is 11.3. The number of carbonyl (C=O) groups is 2. The van der Waals surface area contributed by atoms with Gasteiger partial charge in [-0.15, -0.1) is 0 Å². The first kappa shape index (κ1) is 26.0. The minimum atomic E-state index is -4.87. The first-order valence-corrected chi connectivity index (χ1v) is 12.0. The van der Waals surface area contributed by atoms with Crippen LogP contribution >= 0.6 is 0 Å². The Hall–Kier alpha value is -4.61. The highest BCUT2D eigenvalue weighted by Crippen LogP contribution is 2.38. The van der Waals surface area contributed by atoms with Crippen molar-refractivity contribution in [1.29, 1.82) is 0 Å². The number of alkyl halides is 3. The van der Waals surface area contributed by atoms with Crippen molar-refractivity contribution in [3.63, 3.8) is 0 Å². The zero-order chi connectivity index (χ0) is 27.7. The molecule has 4 aromatic rings. The van der Waals surface area contributed by atoms with E-state index >= 15 is 0 Å². The largest absolute Gasteiger partial charge is 0.417 e. The second-order valence-electron chi connectivity index (χ2n) is 9.10. The Morgan fingerprint density at radius 1 is 1.18 bits per heavy atom. The van der Waals surface area contributed by atoms with E-state index in [0.717, 1.165) is 6.07 Å². The van der Waals surface area contributed by atoms with E-state index in [1.165, 1.54) is 30.2 Å². The normalized spacial score (nSPS) is 15.3. The van der Waals surface area contributed by atoms with Crippen LogP contribution in [-0.2, 0) is 24.4 Å². The molecule has 1 atom stereocenters. The molecule has 2 aromatic carbocycles. The summed E-state index contributed by atoms with van der Waals surface area (Å²) in [5, 5.41) is 9.31. The lowest BCUT2D eigenvalue weighted by Gasteiger charge is -2.16. The van der Waals surface area contributed by atoms with Crippen LogP contribution in [-0.4, -0.2) is 38.1 Å². The molecule has 200 valence electrons. The minimum absolute atomic E-state index is 0.0625. The number of aryl methyl sites for hydroxylation is 1. The molecule has 2 amide bonds. The molecule has 0 radical (unpaired) electrons. The fourth-order valence-electron chi connectivity index (χ4n) is 4.43. The predicted octanol–water partition coefficient (Wildman–Crippen LogP) is 4.63. The quantitative estimate of drug-likeness (QED) is 0.349. The lowest BCUT2D eigenvalue weighted by Crippen LogP contribution is -2.21. The highest BCUT2D eigenvalue weighted by atomic mass is 19.4. The van der Waals surface area contributed by atoms with Gasteiger partial charge in [-0.3, -0.25) is 14.3 Å². The number of hydrogen-bond acceptors (Lipinski definition) is 5. The summed E-state index contributed by atoms with van der Waals surface area (Å²) in [6.07, 6.45) is -1.15. The lowest BCUT2D eigenvalue weighted by molar-refractivity contribution is -0.137. The van der Waals surface area contributed by atoms with E-state index in [1.807, 2.05) is 0 Å². The number of benzene rings is 2. The van der Waals surface area contributed by atoms with E-state index in [9.17, 15) is 27.2 Å². The molecule has 1 saturated heterocycles. The summed E-state index contributed by atoms with van der Waals surface area (Å²) in [5.41, 5.74) is -1.27. The first-order chi connectivity index (χ1) is 18.6. The van der Waals surface area contributed by atoms with E-state index in [0.29, 0.717) is 42.5 Å². The van der Waals surface area contributed by atoms with Gasteiger partial charge in [-0.05, 0) is 24.6 Å². The maximum absolute atomic E-state index is 14.9. The molecule has 3 heterocycles. The Kier molecular flexibility index (Phi) is 6.85. The Morgan fingerprint density at radius 2 is 1.95 bits per heavy atom. The molecule has 1 aliphatic heterocycles. The summed E-state index contributed by atoms with van der Waals surface area (Å²) < 4.78 is 57.4. The minimum Gasteiger partial charge on any atom is -0.356 e. The van der Waals surface area contributed by atoms with Crippen LogP contribution in [0.4, 0.5) is 23.2 Å². The number of carbonyl (C=O) groups excluding carboxylic acids is 2. The number of nitrogens with zero attached hydrogens (tertiary/aromatic N) is 4. The highest BCUT2D eigenvalue weighted by Gasteiger charge is 2.36. The van der Waals surface area contributed by atoms with Gasteiger partial charge in [0, 0.05) is 43.3 Å². The van der Waals surface area contributed by atoms with E-state index in [2.05, 4.69) is 25.7 Å². The molecule has 12 heteroatoms. The molecular weight excluding hydrogens is 516 g/mol. The predicted molar refractivity (Wildman–Crippen MR) is 134 cm³/mol. The number of nitrogens with one attached hydrogen (secondary N) is 2. The van der Waals surface area contributed by atoms with Crippen molar-refractivity contribution in [3.05, 3.63) is 83.7 Å². The second-order valence-corrected chi connectivity index (χ2v) is 9.10. The van der Waals surface area contributed by atoms with E-state index in [-0.39, 0.29) is 23.2 Å². The number of rotatable bonds is 6. The maximum atomic E-state index is 14.9. The summed E-state index contributed by atoms with van der Waals surface area (Å²) in [4.78, 5) is 34.1. The SMILES string of the molecule is Cn1ccc(-c2cc(C(=O)Nc3cnc(CC4CCNC4=O)nc3-c3ccccc3)c(F)cc2C(F)(F)F)n1. The van der Waals surface area contributed by atoms with Crippen LogP contribution in [0.15, 0.2) is 60.9 Å². The van der Waals surface area contributed by atoms with Crippen LogP contribution in [0.3, 0.4) is 0 Å². The van der Waals surface area contributed by atoms with Crippen molar-refractivity contribution in [3.8, 4) is 22.5 Å². The topological polar surface area (TPSA) is 102 Å². The van der Waals surface area contributed by atoms with Crippen molar-refractivity contribution in [2.45, 2.75) is 19.0 Å². The van der Waals surface area contributed by atoms with E-state index in [1.54, 1.807) is 30.3 Å². The van der Waals surface area contributed by atoms with Gasteiger partial charge in [0.15, 0.2) is 0 Å². The van der Waals surface area contributed by atoms with Gasteiger partial charge in [0.25, 0.3) is 5.91 Å². The molecule has 0 bridgehead atoms. The third-order valence-electron chi connectivity index (χ3n) is 6.37. The molecule has 0 aliphatic carbocycles. The highest BCUT2D eigenvalue weighted by molar-refractivity contribution is 6.06. The van der Waals surface area contributed by atoms with Gasteiger partial charge >= 0.3 is 6.18 Å². The fourth-order valence-corrected chi connectivity index (χ4v) is 4.43. The molecule has 1 aliphatic rings. The maximum Gasteiger partial charge on any atom is 0.417 e. The summed E-state index contributed by atoms with van der Waals surface area (Å²) in [6.45, 7) is 0.572. The van der Waals surface area contributed by atoms with Gasteiger partial charge in [-0.2, -0.15) is 18.3 Å². The molecule has 2 N–H and O–H groups in total. The third kappa shape index (κ3) is 5.49. The van der Waals surface area contributed by atoms with Gasteiger partial charge in [0.2, 0.25) is 5.91 Å². The van der Waals surface area contributed by atoms with Crippen LogP contribution in [0.25, 0.3) is 22.5 Å². The Labute approximate surface area is 220 Å². The molecule has 1 fully saturated rings. The number of aromatic nitrogens is 4. The summed E-state index contributed by atoms with van der Waals surface area (Å²) >= 11 is 0. The number of amides is 2. The van der Waals surface area contributed by atoms with E-state index in [4.69, 9.17) is 0 Å². The lowest BCUT2D eigenvalue weighted by atomic mass is 9.99. The fraction of sp³-hybridized carbons (Fsp3) is 0.222. The molecule has 0 spiro atoms. The molecule has 8 nitrogen and oxygen atoms in total. The van der Waals surface area contributed by atoms with Crippen LogP contribution in [0.5, 0.6) is 0 Å². The Balaban J connectivity index is 1.52. The molecule has 39 heavy (non-hydrogen) atoms. The molecule has 0 saturated carbocycles. The number of hydrogen-bond donors (Lipinski definition) is 2. The van der Waals surface area contributed by atoms with Crippen molar-refractivity contribution in [2.24, 2.45) is 13.0 Å². The third-order valence-corrected chi connectivity index (χ3v) is 6.37. The van der Waals surface area contributed by atoms with E-state index < -0.39 is 34.6 Å². The average molecular weight is 539 g/mol. The van der Waals surface area contributed by atoms with Crippen LogP contribution in [0.1, 0.15) is 28.2 Å². The Bertz CT molecular complexity index is 1550.